The first-order valence-electron chi connectivity index (χ1n) is 8.95. The van der Waals surface area contributed by atoms with E-state index in [-0.39, 0.29) is 17.2 Å². The molecule has 29 heavy (non-hydrogen) atoms. The van der Waals surface area contributed by atoms with Crippen LogP contribution >= 0.6 is 11.8 Å². The highest BCUT2D eigenvalue weighted by atomic mass is 32.2. The average molecular weight is 436 g/mol. The molecule has 0 aliphatic rings. The first-order valence-corrected chi connectivity index (χ1v) is 12.0. The highest BCUT2D eigenvalue weighted by Crippen LogP contribution is 2.22. The van der Waals surface area contributed by atoms with E-state index in [4.69, 9.17) is 0 Å². The number of carbonyl (C=O) groups is 2. The van der Waals surface area contributed by atoms with E-state index in [9.17, 15) is 18.0 Å². The predicted octanol–water partition coefficient (Wildman–Crippen LogP) is 2.99. The number of aryl methyl sites for hydroxylation is 1. The second-order valence-corrected chi connectivity index (χ2v) is 9.46. The minimum Gasteiger partial charge on any atom is -0.351 e. The number of hydrogen-bond acceptors (Lipinski definition) is 5. The van der Waals surface area contributed by atoms with E-state index < -0.39 is 15.9 Å². The van der Waals surface area contributed by atoms with E-state index in [1.165, 1.54) is 36.2 Å². The molecule has 0 spiro atoms. The molecule has 0 fully saturated rings. The smallest absolute Gasteiger partial charge is 0.253 e. The molecule has 0 saturated carbocycles. The van der Waals surface area contributed by atoms with E-state index in [0.29, 0.717) is 18.0 Å². The van der Waals surface area contributed by atoms with Crippen molar-refractivity contribution in [3.63, 3.8) is 0 Å². The highest BCUT2D eigenvalue weighted by Gasteiger charge is 2.15. The van der Waals surface area contributed by atoms with Gasteiger partial charge < -0.3 is 10.6 Å². The Morgan fingerprint density at radius 2 is 1.76 bits per heavy atom. The van der Waals surface area contributed by atoms with Crippen molar-refractivity contribution in [1.82, 2.24) is 5.32 Å². The zero-order valence-corrected chi connectivity index (χ0v) is 18.2. The third kappa shape index (κ3) is 8.16. The van der Waals surface area contributed by atoms with Crippen LogP contribution in [0.4, 0.5) is 11.4 Å². The van der Waals surface area contributed by atoms with E-state index >= 15 is 0 Å². The van der Waals surface area contributed by atoms with Gasteiger partial charge in [0.05, 0.1) is 17.5 Å². The van der Waals surface area contributed by atoms with Crippen molar-refractivity contribution in [2.75, 3.05) is 28.6 Å². The second kappa shape index (κ2) is 10.3. The van der Waals surface area contributed by atoms with Gasteiger partial charge in [-0.05, 0) is 30.7 Å². The van der Waals surface area contributed by atoms with Gasteiger partial charge in [-0.1, -0.05) is 29.8 Å². The lowest BCUT2D eigenvalue weighted by Crippen LogP contribution is -2.27. The van der Waals surface area contributed by atoms with Crippen molar-refractivity contribution in [1.29, 1.82) is 0 Å². The second-order valence-electron chi connectivity index (χ2n) is 6.61. The van der Waals surface area contributed by atoms with Crippen LogP contribution in [0.3, 0.4) is 0 Å². The van der Waals surface area contributed by atoms with Gasteiger partial charge in [-0.3, -0.25) is 14.3 Å². The van der Waals surface area contributed by atoms with Crippen molar-refractivity contribution >= 4 is 45.0 Å². The number of benzene rings is 2. The molecule has 0 aliphatic carbocycles. The molecule has 2 aromatic rings. The SMILES string of the molecule is CC(=O)Nc1ccc(NS(C)(=O)=O)c(C(=O)NCCSCc2ccc(C)cc2)c1. The molecule has 0 heterocycles. The maximum atomic E-state index is 12.6. The fourth-order valence-electron chi connectivity index (χ4n) is 2.51. The van der Waals surface area contributed by atoms with Gasteiger partial charge in [0.2, 0.25) is 15.9 Å². The first kappa shape index (κ1) is 22.8. The van der Waals surface area contributed by atoms with Crippen LogP contribution in [-0.2, 0) is 20.6 Å². The zero-order chi connectivity index (χ0) is 21.4. The third-order valence-electron chi connectivity index (χ3n) is 3.80. The van der Waals surface area contributed by atoms with Crippen LogP contribution in [-0.4, -0.2) is 38.8 Å². The number of rotatable bonds is 9. The van der Waals surface area contributed by atoms with Crippen molar-refractivity contribution < 1.29 is 18.0 Å². The molecule has 7 nitrogen and oxygen atoms in total. The van der Waals surface area contributed by atoms with E-state index in [1.807, 2.05) is 6.92 Å². The maximum absolute atomic E-state index is 12.6. The van der Waals surface area contributed by atoms with Crippen LogP contribution < -0.4 is 15.4 Å². The normalized spacial score (nSPS) is 11.0. The average Bonchev–Trinajstić information content (AvgIpc) is 2.62. The van der Waals surface area contributed by atoms with Gasteiger partial charge in [0.25, 0.3) is 5.91 Å². The number of nitrogens with one attached hydrogen (secondary N) is 3. The topological polar surface area (TPSA) is 104 Å². The molecule has 2 aromatic carbocycles. The number of sulfonamides is 1. The summed E-state index contributed by atoms with van der Waals surface area (Å²) in [5.74, 6) is 0.849. The summed E-state index contributed by atoms with van der Waals surface area (Å²) in [6.45, 7) is 3.83. The predicted molar refractivity (Wildman–Crippen MR) is 119 cm³/mol. The monoisotopic (exact) mass is 435 g/mol. The van der Waals surface area contributed by atoms with Crippen LogP contribution in [0, 0.1) is 6.92 Å². The molecule has 2 rings (SSSR count). The summed E-state index contributed by atoms with van der Waals surface area (Å²) in [4.78, 5) is 23.9. The van der Waals surface area contributed by atoms with Gasteiger partial charge in [0, 0.05) is 30.7 Å². The Bertz CT molecular complexity index is 974. The fraction of sp³-hybridized carbons (Fsp3) is 0.300. The molecule has 9 heteroatoms. The highest BCUT2D eigenvalue weighted by molar-refractivity contribution is 7.98. The Morgan fingerprint density at radius 3 is 2.38 bits per heavy atom. The lowest BCUT2D eigenvalue weighted by molar-refractivity contribution is -0.114. The molecule has 2 amide bonds. The zero-order valence-electron chi connectivity index (χ0n) is 16.6. The van der Waals surface area contributed by atoms with Crippen molar-refractivity contribution in [2.24, 2.45) is 0 Å². The molecule has 156 valence electrons. The molecule has 0 saturated heterocycles. The van der Waals surface area contributed by atoms with Crippen molar-refractivity contribution in [2.45, 2.75) is 19.6 Å². The van der Waals surface area contributed by atoms with Crippen LogP contribution in [0.2, 0.25) is 0 Å². The minimum atomic E-state index is -3.55. The van der Waals surface area contributed by atoms with Crippen molar-refractivity contribution in [3.05, 3.63) is 59.2 Å². The molecule has 0 unspecified atom stereocenters. The van der Waals surface area contributed by atoms with Gasteiger partial charge in [-0.2, -0.15) is 11.8 Å². The minimum absolute atomic E-state index is 0.144. The molecule has 3 N–H and O–H groups in total. The maximum Gasteiger partial charge on any atom is 0.253 e. The molecule has 0 aromatic heterocycles. The molecule has 0 atom stereocenters. The summed E-state index contributed by atoms with van der Waals surface area (Å²) in [6, 6.07) is 12.7. The van der Waals surface area contributed by atoms with Gasteiger partial charge in [0.15, 0.2) is 0 Å². The van der Waals surface area contributed by atoms with Crippen molar-refractivity contribution in [3.8, 4) is 0 Å². The lowest BCUT2D eigenvalue weighted by atomic mass is 10.1. The molecule has 0 aliphatic heterocycles. The Labute approximate surface area is 175 Å². The number of anilines is 2. The summed E-state index contributed by atoms with van der Waals surface area (Å²) in [5, 5.41) is 5.38. The number of amides is 2. The van der Waals surface area contributed by atoms with E-state index in [1.54, 1.807) is 11.8 Å². The number of hydrogen-bond donors (Lipinski definition) is 3. The van der Waals surface area contributed by atoms with Crippen LogP contribution in [0.5, 0.6) is 0 Å². The fourth-order valence-corrected chi connectivity index (χ4v) is 3.90. The molecule has 0 radical (unpaired) electrons. The first-order chi connectivity index (χ1) is 13.6. The van der Waals surface area contributed by atoms with Crippen LogP contribution in [0.1, 0.15) is 28.4 Å². The molecular weight excluding hydrogens is 410 g/mol. The largest absolute Gasteiger partial charge is 0.351 e. The molecule has 0 bridgehead atoms. The van der Waals surface area contributed by atoms with Crippen LogP contribution in [0.15, 0.2) is 42.5 Å². The quantitative estimate of drug-likeness (QED) is 0.525. The Hall–Kier alpha value is -2.52. The number of thioether (sulfide) groups is 1. The van der Waals surface area contributed by atoms with Gasteiger partial charge in [-0.25, -0.2) is 8.42 Å². The third-order valence-corrected chi connectivity index (χ3v) is 5.42. The Balaban J connectivity index is 1.97. The summed E-state index contributed by atoms with van der Waals surface area (Å²) in [7, 11) is -3.55. The van der Waals surface area contributed by atoms with E-state index in [2.05, 4.69) is 39.6 Å². The van der Waals surface area contributed by atoms with Crippen LogP contribution in [0.25, 0.3) is 0 Å². The lowest BCUT2D eigenvalue weighted by Gasteiger charge is -2.13. The van der Waals surface area contributed by atoms with Gasteiger partial charge in [0.1, 0.15) is 0 Å². The molecular formula is C20H25N3O4S2. The Morgan fingerprint density at radius 1 is 1.07 bits per heavy atom. The van der Waals surface area contributed by atoms with Gasteiger partial charge >= 0.3 is 0 Å². The number of carbonyl (C=O) groups excluding carboxylic acids is 2. The van der Waals surface area contributed by atoms with E-state index in [0.717, 1.165) is 12.0 Å². The summed E-state index contributed by atoms with van der Waals surface area (Å²) in [5.41, 5.74) is 3.15. The summed E-state index contributed by atoms with van der Waals surface area (Å²) >= 11 is 1.69. The summed E-state index contributed by atoms with van der Waals surface area (Å²) < 4.78 is 25.5. The Kier molecular flexibility index (Phi) is 8.10. The standard InChI is InChI=1S/C20H25N3O4S2/c1-14-4-6-16(7-5-14)13-28-11-10-21-20(25)18-12-17(22-15(2)24)8-9-19(18)23-29(3,26)27/h4-9,12,23H,10-11,13H2,1-3H3,(H,21,25)(H,22,24). The summed E-state index contributed by atoms with van der Waals surface area (Å²) in [6.07, 6.45) is 1.01. The van der Waals surface area contributed by atoms with Gasteiger partial charge in [-0.15, -0.1) is 0 Å².